The van der Waals surface area contributed by atoms with Crippen LogP contribution in [0.2, 0.25) is 0 Å². The lowest BCUT2D eigenvalue weighted by Gasteiger charge is -2.40. The van der Waals surface area contributed by atoms with Crippen molar-refractivity contribution in [1.29, 1.82) is 0 Å². The van der Waals surface area contributed by atoms with E-state index in [4.69, 9.17) is 0 Å². The molecule has 1 fully saturated rings. The van der Waals surface area contributed by atoms with Gasteiger partial charge >= 0.3 is 0 Å². The fraction of sp³-hybridized carbons (Fsp3) is 0.296. The third kappa shape index (κ3) is 5.61. The molecule has 2 N–H and O–H groups in total. The van der Waals surface area contributed by atoms with Crippen molar-refractivity contribution in [3.05, 3.63) is 95.3 Å². The normalized spacial score (nSPS) is 16.2. The SMILES string of the molecule is CNC(=O)[C@@H]1CN(Cc2ccccc2)CCN1C(=O)c1ccc(C)c(NCc2cccnc2)c1. The Hall–Kier alpha value is -3.71. The predicted octanol–water partition coefficient (Wildman–Crippen LogP) is 3.07. The summed E-state index contributed by atoms with van der Waals surface area (Å²) in [5.74, 6) is -0.273. The van der Waals surface area contributed by atoms with Crippen molar-refractivity contribution < 1.29 is 9.59 Å². The number of aryl methyl sites for hydroxylation is 1. The van der Waals surface area contributed by atoms with Gasteiger partial charge in [-0.15, -0.1) is 0 Å². The summed E-state index contributed by atoms with van der Waals surface area (Å²) in [5, 5.41) is 6.15. The number of pyridine rings is 1. The topological polar surface area (TPSA) is 77.6 Å². The third-order valence-corrected chi connectivity index (χ3v) is 6.21. The van der Waals surface area contributed by atoms with E-state index < -0.39 is 6.04 Å². The summed E-state index contributed by atoms with van der Waals surface area (Å²) >= 11 is 0. The van der Waals surface area contributed by atoms with Gasteiger partial charge in [0.05, 0.1) is 0 Å². The van der Waals surface area contributed by atoms with Crippen molar-refractivity contribution in [2.24, 2.45) is 0 Å². The molecular formula is C27H31N5O2. The van der Waals surface area contributed by atoms with Gasteiger partial charge in [0.15, 0.2) is 0 Å². The van der Waals surface area contributed by atoms with E-state index >= 15 is 0 Å². The second kappa shape index (κ2) is 10.9. The maximum atomic E-state index is 13.5. The Labute approximate surface area is 200 Å². The average molecular weight is 458 g/mol. The molecule has 0 saturated carbocycles. The number of benzene rings is 2. The number of carbonyl (C=O) groups is 2. The molecule has 7 nitrogen and oxygen atoms in total. The molecule has 34 heavy (non-hydrogen) atoms. The summed E-state index contributed by atoms with van der Waals surface area (Å²) in [4.78, 5) is 34.3. The van der Waals surface area contributed by atoms with Gasteiger partial charge in [0.25, 0.3) is 5.91 Å². The number of anilines is 1. The van der Waals surface area contributed by atoms with Crippen LogP contribution < -0.4 is 10.6 Å². The van der Waals surface area contributed by atoms with E-state index in [1.54, 1.807) is 18.1 Å². The molecule has 3 aromatic rings. The molecule has 1 saturated heterocycles. The number of carbonyl (C=O) groups excluding carboxylic acids is 2. The fourth-order valence-corrected chi connectivity index (χ4v) is 4.27. The van der Waals surface area contributed by atoms with Crippen LogP contribution in [0.1, 0.15) is 27.0 Å². The zero-order valence-corrected chi connectivity index (χ0v) is 19.7. The minimum Gasteiger partial charge on any atom is -0.381 e. The Balaban J connectivity index is 1.48. The van der Waals surface area contributed by atoms with Gasteiger partial charge in [0.2, 0.25) is 5.91 Å². The van der Waals surface area contributed by atoms with Crippen molar-refractivity contribution >= 4 is 17.5 Å². The van der Waals surface area contributed by atoms with E-state index in [9.17, 15) is 9.59 Å². The molecule has 2 heterocycles. The van der Waals surface area contributed by atoms with Crippen molar-refractivity contribution in [3.8, 4) is 0 Å². The molecule has 1 aromatic heterocycles. The van der Waals surface area contributed by atoms with Crippen LogP contribution in [0.5, 0.6) is 0 Å². The van der Waals surface area contributed by atoms with Crippen LogP contribution in [0, 0.1) is 6.92 Å². The Morgan fingerprint density at radius 2 is 1.82 bits per heavy atom. The Morgan fingerprint density at radius 1 is 1.03 bits per heavy atom. The standard InChI is InChI=1S/C27H31N5O2/c1-20-10-11-23(15-24(20)30-17-22-9-6-12-29-16-22)27(34)32-14-13-31(19-25(32)26(33)28-2)18-21-7-4-3-5-8-21/h3-12,15-16,25,30H,13-14,17-19H2,1-2H3,(H,28,33)/t25-/m0/s1. The van der Waals surface area contributed by atoms with Gasteiger partial charge in [0.1, 0.15) is 6.04 Å². The lowest BCUT2D eigenvalue weighted by molar-refractivity contribution is -0.127. The largest absolute Gasteiger partial charge is 0.381 e. The van der Waals surface area contributed by atoms with Crippen LogP contribution in [0.15, 0.2) is 73.1 Å². The molecule has 0 aliphatic carbocycles. The number of amides is 2. The molecule has 176 valence electrons. The highest BCUT2D eigenvalue weighted by molar-refractivity contribution is 5.98. The molecule has 1 aliphatic rings. The average Bonchev–Trinajstić information content (AvgIpc) is 2.88. The predicted molar refractivity (Wildman–Crippen MR) is 133 cm³/mol. The molecule has 1 atom stereocenters. The quantitative estimate of drug-likeness (QED) is 0.570. The maximum absolute atomic E-state index is 13.5. The van der Waals surface area contributed by atoms with Gasteiger partial charge in [-0.05, 0) is 41.8 Å². The van der Waals surface area contributed by atoms with Crippen LogP contribution in [0.3, 0.4) is 0 Å². The van der Waals surface area contributed by atoms with E-state index in [1.807, 2.05) is 61.7 Å². The first-order chi connectivity index (χ1) is 16.5. The summed E-state index contributed by atoms with van der Waals surface area (Å²) in [6.45, 7) is 5.09. The molecule has 7 heteroatoms. The summed E-state index contributed by atoms with van der Waals surface area (Å²) in [6.07, 6.45) is 3.57. The fourth-order valence-electron chi connectivity index (χ4n) is 4.27. The first-order valence-electron chi connectivity index (χ1n) is 11.6. The van der Waals surface area contributed by atoms with Crippen molar-refractivity contribution in [1.82, 2.24) is 20.1 Å². The highest BCUT2D eigenvalue weighted by Crippen LogP contribution is 2.22. The number of aromatic nitrogens is 1. The molecule has 2 aromatic carbocycles. The molecule has 0 spiro atoms. The number of piperazine rings is 1. The second-order valence-electron chi connectivity index (χ2n) is 8.59. The van der Waals surface area contributed by atoms with E-state index in [-0.39, 0.29) is 11.8 Å². The number of likely N-dealkylation sites (N-methyl/N-ethyl adjacent to an activating group) is 1. The van der Waals surface area contributed by atoms with Crippen LogP contribution in [-0.2, 0) is 17.9 Å². The van der Waals surface area contributed by atoms with Gasteiger partial charge in [-0.3, -0.25) is 19.5 Å². The minimum atomic E-state index is -0.539. The Kier molecular flexibility index (Phi) is 7.54. The highest BCUT2D eigenvalue weighted by Gasteiger charge is 2.35. The van der Waals surface area contributed by atoms with Gasteiger partial charge in [0, 0.05) is 63.4 Å². The summed E-state index contributed by atoms with van der Waals surface area (Å²) in [5.41, 5.74) is 4.78. The number of rotatable bonds is 7. The first-order valence-corrected chi connectivity index (χ1v) is 11.6. The number of hydrogen-bond acceptors (Lipinski definition) is 5. The lowest BCUT2D eigenvalue weighted by atomic mass is 10.0. The molecule has 4 rings (SSSR count). The maximum Gasteiger partial charge on any atom is 0.254 e. The third-order valence-electron chi connectivity index (χ3n) is 6.21. The molecule has 0 radical (unpaired) electrons. The van der Waals surface area contributed by atoms with Crippen molar-refractivity contribution in [2.45, 2.75) is 26.1 Å². The van der Waals surface area contributed by atoms with E-state index in [1.165, 1.54) is 5.56 Å². The van der Waals surface area contributed by atoms with Crippen molar-refractivity contribution in [3.63, 3.8) is 0 Å². The van der Waals surface area contributed by atoms with E-state index in [2.05, 4.69) is 32.7 Å². The van der Waals surface area contributed by atoms with E-state index in [0.717, 1.165) is 23.4 Å². The molecule has 1 aliphatic heterocycles. The number of hydrogen-bond donors (Lipinski definition) is 2. The zero-order chi connectivity index (χ0) is 23.9. The second-order valence-corrected chi connectivity index (χ2v) is 8.59. The molecular weight excluding hydrogens is 426 g/mol. The Bertz CT molecular complexity index is 1120. The van der Waals surface area contributed by atoms with Crippen molar-refractivity contribution in [2.75, 3.05) is 32.0 Å². The minimum absolute atomic E-state index is 0.127. The smallest absolute Gasteiger partial charge is 0.254 e. The molecule has 0 unspecified atom stereocenters. The molecule has 0 bridgehead atoms. The summed E-state index contributed by atoms with van der Waals surface area (Å²) in [7, 11) is 1.62. The van der Waals surface area contributed by atoms with Gasteiger partial charge in [-0.2, -0.15) is 0 Å². The van der Waals surface area contributed by atoms with Crippen LogP contribution in [0.25, 0.3) is 0 Å². The summed E-state index contributed by atoms with van der Waals surface area (Å²) < 4.78 is 0. The molecule has 2 amide bonds. The highest BCUT2D eigenvalue weighted by atomic mass is 16.2. The Morgan fingerprint density at radius 3 is 2.56 bits per heavy atom. The van der Waals surface area contributed by atoms with Gasteiger partial charge in [-0.1, -0.05) is 42.5 Å². The van der Waals surface area contributed by atoms with E-state index in [0.29, 0.717) is 31.7 Å². The zero-order valence-electron chi connectivity index (χ0n) is 19.7. The number of nitrogens with one attached hydrogen (secondary N) is 2. The first kappa shape index (κ1) is 23.4. The van der Waals surface area contributed by atoms with Gasteiger partial charge in [-0.25, -0.2) is 0 Å². The van der Waals surface area contributed by atoms with Gasteiger partial charge < -0.3 is 15.5 Å². The monoisotopic (exact) mass is 457 g/mol. The van der Waals surface area contributed by atoms with Crippen LogP contribution in [0.4, 0.5) is 5.69 Å². The lowest BCUT2D eigenvalue weighted by Crippen LogP contribution is -2.60. The number of nitrogens with zero attached hydrogens (tertiary/aromatic N) is 3. The van der Waals surface area contributed by atoms with Crippen LogP contribution in [-0.4, -0.2) is 59.3 Å². The summed E-state index contributed by atoms with van der Waals surface area (Å²) in [6, 6.07) is 19.2. The van der Waals surface area contributed by atoms with Crippen LogP contribution >= 0.6 is 0 Å².